The van der Waals surface area contributed by atoms with E-state index in [0.29, 0.717) is 0 Å². The van der Waals surface area contributed by atoms with E-state index in [1.807, 2.05) is 43.3 Å². The third-order valence-corrected chi connectivity index (χ3v) is 2.98. The molecule has 0 aliphatic carbocycles. The molecule has 2 aromatic rings. The lowest BCUT2D eigenvalue weighted by Gasteiger charge is -2.21. The van der Waals surface area contributed by atoms with Gasteiger partial charge in [-0.1, -0.05) is 12.1 Å². The first-order valence-corrected chi connectivity index (χ1v) is 6.25. The lowest BCUT2D eigenvalue weighted by molar-refractivity contribution is 0.475. The molecule has 1 aromatic carbocycles. The number of pyridine rings is 1. The average Bonchev–Trinajstić information content (AvgIpc) is 2.39. The third kappa shape index (κ3) is 3.16. The smallest absolute Gasteiger partial charge is 0.151 e. The Labute approximate surface area is 113 Å². The molecule has 1 atom stereocenters. The van der Waals surface area contributed by atoms with Crippen LogP contribution in [0.5, 0.6) is 5.75 Å². The summed E-state index contributed by atoms with van der Waals surface area (Å²) in [6, 6.07) is 11.3. The van der Waals surface area contributed by atoms with Gasteiger partial charge in [0.15, 0.2) is 5.82 Å². The van der Waals surface area contributed by atoms with Crippen molar-refractivity contribution in [3.8, 4) is 5.75 Å². The molecule has 2 rings (SSSR count). The number of phenolic OH excluding ortho intramolecular Hbond substituents is 1. The van der Waals surface area contributed by atoms with Crippen LogP contribution in [0.25, 0.3) is 0 Å². The number of aromatic hydroxyl groups is 1. The van der Waals surface area contributed by atoms with Crippen LogP contribution < -0.4 is 10.2 Å². The Morgan fingerprint density at radius 1 is 1.16 bits per heavy atom. The zero-order chi connectivity index (χ0) is 13.8. The van der Waals surface area contributed by atoms with Crippen molar-refractivity contribution in [2.45, 2.75) is 13.0 Å². The highest BCUT2D eigenvalue weighted by Gasteiger charge is 2.10. The van der Waals surface area contributed by atoms with E-state index >= 15 is 0 Å². The van der Waals surface area contributed by atoms with Gasteiger partial charge in [-0.3, -0.25) is 0 Å². The van der Waals surface area contributed by atoms with Crippen molar-refractivity contribution in [1.29, 1.82) is 0 Å². The van der Waals surface area contributed by atoms with Crippen LogP contribution in [0.4, 0.5) is 11.5 Å². The quantitative estimate of drug-likeness (QED) is 0.884. The number of hydrogen-bond acceptors (Lipinski definition) is 4. The number of phenols is 1. The molecular weight excluding hydrogens is 238 g/mol. The van der Waals surface area contributed by atoms with Crippen LogP contribution in [0, 0.1) is 0 Å². The summed E-state index contributed by atoms with van der Waals surface area (Å²) >= 11 is 0. The van der Waals surface area contributed by atoms with Crippen molar-refractivity contribution in [3.63, 3.8) is 0 Å². The average molecular weight is 257 g/mol. The number of anilines is 2. The van der Waals surface area contributed by atoms with Gasteiger partial charge in [0, 0.05) is 26.3 Å². The molecule has 4 heteroatoms. The Balaban J connectivity index is 2.19. The normalized spacial score (nSPS) is 11.9. The molecule has 1 aromatic heterocycles. The standard InChI is InChI=1S/C15H19N3O/c1-11(12-6-8-13(19)9-7-12)17-14-5-4-10-16-15(14)18(2)3/h4-11,17,19H,1-3H3. The van der Waals surface area contributed by atoms with E-state index in [0.717, 1.165) is 17.1 Å². The third-order valence-electron chi connectivity index (χ3n) is 2.98. The second kappa shape index (κ2) is 5.61. The van der Waals surface area contributed by atoms with Crippen LogP contribution in [0.3, 0.4) is 0 Å². The van der Waals surface area contributed by atoms with Crippen molar-refractivity contribution >= 4 is 11.5 Å². The summed E-state index contributed by atoms with van der Waals surface area (Å²) < 4.78 is 0. The van der Waals surface area contributed by atoms with Gasteiger partial charge < -0.3 is 15.3 Å². The van der Waals surface area contributed by atoms with Crippen molar-refractivity contribution < 1.29 is 5.11 Å². The molecule has 0 spiro atoms. The molecule has 0 fully saturated rings. The molecule has 100 valence electrons. The second-order valence-electron chi connectivity index (χ2n) is 4.73. The summed E-state index contributed by atoms with van der Waals surface area (Å²) in [5, 5.41) is 12.7. The van der Waals surface area contributed by atoms with Gasteiger partial charge in [0.1, 0.15) is 5.75 Å². The molecule has 2 N–H and O–H groups in total. The van der Waals surface area contributed by atoms with Gasteiger partial charge in [0.05, 0.1) is 5.69 Å². The van der Waals surface area contributed by atoms with Crippen LogP contribution >= 0.6 is 0 Å². The molecule has 0 radical (unpaired) electrons. The van der Waals surface area contributed by atoms with E-state index in [1.165, 1.54) is 0 Å². The zero-order valence-corrected chi connectivity index (χ0v) is 11.5. The lowest BCUT2D eigenvalue weighted by Crippen LogP contribution is -2.15. The SMILES string of the molecule is CC(Nc1cccnc1N(C)C)c1ccc(O)cc1. The van der Waals surface area contributed by atoms with E-state index in [1.54, 1.807) is 18.3 Å². The van der Waals surface area contributed by atoms with Crippen molar-refractivity contribution in [2.24, 2.45) is 0 Å². The van der Waals surface area contributed by atoms with E-state index in [-0.39, 0.29) is 11.8 Å². The maximum absolute atomic E-state index is 9.31. The fourth-order valence-electron chi connectivity index (χ4n) is 1.95. The molecule has 0 aliphatic heterocycles. The molecule has 1 unspecified atom stereocenters. The summed E-state index contributed by atoms with van der Waals surface area (Å²) in [6.45, 7) is 2.08. The second-order valence-corrected chi connectivity index (χ2v) is 4.73. The van der Waals surface area contributed by atoms with E-state index in [2.05, 4.69) is 17.2 Å². The van der Waals surface area contributed by atoms with Crippen LogP contribution in [0.2, 0.25) is 0 Å². The number of aromatic nitrogens is 1. The Hall–Kier alpha value is -2.23. The Morgan fingerprint density at radius 3 is 2.47 bits per heavy atom. The van der Waals surface area contributed by atoms with Crippen molar-refractivity contribution in [3.05, 3.63) is 48.2 Å². The maximum Gasteiger partial charge on any atom is 0.151 e. The number of nitrogens with zero attached hydrogens (tertiary/aromatic N) is 2. The highest BCUT2D eigenvalue weighted by Crippen LogP contribution is 2.26. The number of rotatable bonds is 4. The van der Waals surface area contributed by atoms with Gasteiger partial charge >= 0.3 is 0 Å². The lowest BCUT2D eigenvalue weighted by atomic mass is 10.1. The Kier molecular flexibility index (Phi) is 3.90. The molecule has 0 aliphatic rings. The molecule has 19 heavy (non-hydrogen) atoms. The largest absolute Gasteiger partial charge is 0.508 e. The van der Waals surface area contributed by atoms with Crippen LogP contribution in [0.15, 0.2) is 42.6 Å². The minimum atomic E-state index is 0.142. The highest BCUT2D eigenvalue weighted by atomic mass is 16.3. The number of hydrogen-bond donors (Lipinski definition) is 2. The maximum atomic E-state index is 9.31. The molecular formula is C15H19N3O. The summed E-state index contributed by atoms with van der Waals surface area (Å²) in [5.74, 6) is 1.19. The highest BCUT2D eigenvalue weighted by molar-refractivity contribution is 5.65. The molecule has 0 bridgehead atoms. The topological polar surface area (TPSA) is 48.4 Å². The van der Waals surface area contributed by atoms with Crippen LogP contribution in [-0.4, -0.2) is 24.2 Å². The predicted octanol–water partition coefficient (Wildman–Crippen LogP) is 3.03. The van der Waals surface area contributed by atoms with Gasteiger partial charge in [-0.25, -0.2) is 4.98 Å². The minimum Gasteiger partial charge on any atom is -0.508 e. The summed E-state index contributed by atoms with van der Waals surface area (Å²) in [6.07, 6.45) is 1.78. The Bertz CT molecular complexity index is 537. The monoisotopic (exact) mass is 257 g/mol. The van der Waals surface area contributed by atoms with Gasteiger partial charge in [-0.2, -0.15) is 0 Å². The molecule has 0 saturated heterocycles. The first-order valence-electron chi connectivity index (χ1n) is 6.25. The Morgan fingerprint density at radius 2 is 1.84 bits per heavy atom. The summed E-state index contributed by atoms with van der Waals surface area (Å²) in [7, 11) is 3.94. The minimum absolute atomic E-state index is 0.142. The fraction of sp³-hybridized carbons (Fsp3) is 0.267. The predicted molar refractivity (Wildman–Crippen MR) is 78.7 cm³/mol. The van der Waals surface area contributed by atoms with Gasteiger partial charge in [-0.05, 0) is 36.8 Å². The first kappa shape index (κ1) is 13.2. The van der Waals surface area contributed by atoms with Crippen LogP contribution in [0.1, 0.15) is 18.5 Å². The number of benzene rings is 1. The van der Waals surface area contributed by atoms with Gasteiger partial charge in [0.25, 0.3) is 0 Å². The van der Waals surface area contributed by atoms with Gasteiger partial charge in [0.2, 0.25) is 0 Å². The van der Waals surface area contributed by atoms with Crippen molar-refractivity contribution in [1.82, 2.24) is 4.98 Å². The van der Waals surface area contributed by atoms with E-state index in [9.17, 15) is 5.11 Å². The molecule has 0 saturated carbocycles. The van der Waals surface area contributed by atoms with E-state index < -0.39 is 0 Å². The van der Waals surface area contributed by atoms with E-state index in [4.69, 9.17) is 0 Å². The summed E-state index contributed by atoms with van der Waals surface area (Å²) in [5.41, 5.74) is 2.11. The molecule has 0 amide bonds. The zero-order valence-electron chi connectivity index (χ0n) is 11.5. The van der Waals surface area contributed by atoms with Crippen molar-refractivity contribution in [2.75, 3.05) is 24.3 Å². The molecule has 4 nitrogen and oxygen atoms in total. The van der Waals surface area contributed by atoms with Gasteiger partial charge in [-0.15, -0.1) is 0 Å². The summed E-state index contributed by atoms with van der Waals surface area (Å²) in [4.78, 5) is 6.34. The molecule has 1 heterocycles. The number of nitrogens with one attached hydrogen (secondary N) is 1. The fourth-order valence-corrected chi connectivity index (χ4v) is 1.95. The van der Waals surface area contributed by atoms with Crippen LogP contribution in [-0.2, 0) is 0 Å². The first-order chi connectivity index (χ1) is 9.08.